The van der Waals surface area contributed by atoms with E-state index in [1.54, 1.807) is 0 Å². The molecule has 3 rings (SSSR count). The van der Waals surface area contributed by atoms with Gasteiger partial charge in [-0.3, -0.25) is 0 Å². The zero-order valence-corrected chi connectivity index (χ0v) is 10.1. The summed E-state index contributed by atoms with van der Waals surface area (Å²) in [6.07, 6.45) is 2.49. The van der Waals surface area contributed by atoms with Crippen LogP contribution in [0.4, 0.5) is 5.95 Å². The van der Waals surface area contributed by atoms with Gasteiger partial charge in [0, 0.05) is 12.6 Å². The van der Waals surface area contributed by atoms with Crippen LogP contribution < -0.4 is 11.1 Å². The third kappa shape index (κ3) is 1.78. The molecule has 0 spiro atoms. The second-order valence-corrected chi connectivity index (χ2v) is 4.82. The highest BCUT2D eigenvalue weighted by molar-refractivity contribution is 5.81. The van der Waals surface area contributed by atoms with Crippen molar-refractivity contribution in [2.45, 2.75) is 32.4 Å². The topological polar surface area (TPSA) is 55.9 Å². The number of aromatic nitrogens is 2. The van der Waals surface area contributed by atoms with Crippen molar-refractivity contribution in [1.29, 1.82) is 0 Å². The van der Waals surface area contributed by atoms with Crippen molar-refractivity contribution >= 4 is 17.0 Å². The molecule has 0 saturated carbocycles. The Morgan fingerprint density at radius 2 is 2.41 bits per heavy atom. The van der Waals surface area contributed by atoms with Crippen molar-refractivity contribution in [3.05, 3.63) is 23.8 Å². The Hall–Kier alpha value is -1.55. The number of rotatable bonds is 2. The van der Waals surface area contributed by atoms with Gasteiger partial charge in [0.15, 0.2) is 0 Å². The number of nitrogen functional groups attached to an aromatic ring is 1. The molecule has 0 amide bonds. The number of aryl methyl sites for hydroxylation is 1. The van der Waals surface area contributed by atoms with Crippen LogP contribution in [0.25, 0.3) is 11.0 Å². The number of fused-ring (bicyclic) bond motifs is 1. The molecule has 0 aliphatic carbocycles. The van der Waals surface area contributed by atoms with E-state index in [0.717, 1.165) is 18.6 Å². The maximum Gasteiger partial charge on any atom is 0.201 e. The summed E-state index contributed by atoms with van der Waals surface area (Å²) in [5.41, 5.74) is 9.44. The number of hydrogen-bond donors (Lipinski definition) is 2. The lowest BCUT2D eigenvalue weighted by molar-refractivity contribution is 0.521. The highest BCUT2D eigenvalue weighted by Crippen LogP contribution is 2.22. The molecule has 2 aromatic rings. The van der Waals surface area contributed by atoms with Crippen LogP contribution >= 0.6 is 0 Å². The summed E-state index contributed by atoms with van der Waals surface area (Å²) < 4.78 is 2.15. The van der Waals surface area contributed by atoms with Crippen LogP contribution in [0, 0.1) is 6.92 Å². The van der Waals surface area contributed by atoms with Crippen LogP contribution in [0.3, 0.4) is 0 Å². The highest BCUT2D eigenvalue weighted by atomic mass is 15.2. The molecule has 1 atom stereocenters. The van der Waals surface area contributed by atoms with Crippen LogP contribution in [0.5, 0.6) is 0 Å². The molecule has 1 aliphatic rings. The molecule has 4 nitrogen and oxygen atoms in total. The number of nitrogens with two attached hydrogens (primary N) is 1. The molecule has 1 saturated heterocycles. The summed E-state index contributed by atoms with van der Waals surface area (Å²) in [6, 6.07) is 6.70. The maximum absolute atomic E-state index is 6.02. The van der Waals surface area contributed by atoms with E-state index in [1.165, 1.54) is 23.9 Å². The molecule has 17 heavy (non-hydrogen) atoms. The van der Waals surface area contributed by atoms with Crippen molar-refractivity contribution < 1.29 is 0 Å². The second-order valence-electron chi connectivity index (χ2n) is 4.82. The Bertz CT molecular complexity index is 538. The Balaban J connectivity index is 2.04. The number of benzene rings is 1. The van der Waals surface area contributed by atoms with E-state index in [-0.39, 0.29) is 0 Å². The zero-order chi connectivity index (χ0) is 11.8. The average Bonchev–Trinajstić information content (AvgIpc) is 2.89. The number of imidazole rings is 1. The van der Waals surface area contributed by atoms with Gasteiger partial charge in [0.2, 0.25) is 5.95 Å². The fraction of sp³-hybridized carbons (Fsp3) is 0.462. The molecule has 0 bridgehead atoms. The number of para-hydroxylation sites is 1. The molecule has 90 valence electrons. The van der Waals surface area contributed by atoms with Crippen molar-refractivity contribution in [2.24, 2.45) is 0 Å². The first-order chi connectivity index (χ1) is 8.25. The van der Waals surface area contributed by atoms with Gasteiger partial charge in [-0.25, -0.2) is 4.98 Å². The Morgan fingerprint density at radius 3 is 3.18 bits per heavy atom. The van der Waals surface area contributed by atoms with Gasteiger partial charge in [0.1, 0.15) is 0 Å². The number of hydrogen-bond acceptors (Lipinski definition) is 3. The number of nitrogens with zero attached hydrogens (tertiary/aromatic N) is 2. The third-order valence-electron chi connectivity index (χ3n) is 3.56. The predicted molar refractivity (Wildman–Crippen MR) is 69.9 cm³/mol. The highest BCUT2D eigenvalue weighted by Gasteiger charge is 2.18. The minimum Gasteiger partial charge on any atom is -0.369 e. The van der Waals surface area contributed by atoms with Gasteiger partial charge in [0.25, 0.3) is 0 Å². The summed E-state index contributed by atoms with van der Waals surface area (Å²) in [4.78, 5) is 4.43. The van der Waals surface area contributed by atoms with Crippen LogP contribution in [-0.2, 0) is 6.54 Å². The summed E-state index contributed by atoms with van der Waals surface area (Å²) >= 11 is 0. The molecular weight excluding hydrogens is 212 g/mol. The molecule has 4 heteroatoms. The van der Waals surface area contributed by atoms with Gasteiger partial charge in [-0.2, -0.15) is 0 Å². The molecule has 1 unspecified atom stereocenters. The van der Waals surface area contributed by atoms with Gasteiger partial charge in [-0.15, -0.1) is 0 Å². The molecule has 0 radical (unpaired) electrons. The number of nitrogens with one attached hydrogen (secondary N) is 1. The standard InChI is InChI=1S/C13H18N4/c1-9-4-2-6-11-12(9)17(13(14)16-11)8-10-5-3-7-15-10/h2,4,6,10,15H,3,5,7-8H2,1H3,(H2,14,16). The smallest absolute Gasteiger partial charge is 0.201 e. The van der Waals surface area contributed by atoms with E-state index in [4.69, 9.17) is 5.73 Å². The summed E-state index contributed by atoms with van der Waals surface area (Å²) in [7, 11) is 0. The van der Waals surface area contributed by atoms with Crippen LogP contribution in [-0.4, -0.2) is 22.1 Å². The molecule has 1 aromatic carbocycles. The normalized spacial score (nSPS) is 20.2. The first-order valence-corrected chi connectivity index (χ1v) is 6.20. The lowest BCUT2D eigenvalue weighted by Gasteiger charge is -2.13. The van der Waals surface area contributed by atoms with Crippen molar-refractivity contribution in [2.75, 3.05) is 12.3 Å². The maximum atomic E-state index is 6.02. The van der Waals surface area contributed by atoms with Crippen LogP contribution in [0.2, 0.25) is 0 Å². The minimum atomic E-state index is 0.536. The average molecular weight is 230 g/mol. The summed E-state index contributed by atoms with van der Waals surface area (Å²) in [5.74, 6) is 0.628. The zero-order valence-electron chi connectivity index (χ0n) is 10.1. The van der Waals surface area contributed by atoms with E-state index >= 15 is 0 Å². The molecular formula is C13H18N4. The largest absolute Gasteiger partial charge is 0.369 e. The van der Waals surface area contributed by atoms with Gasteiger partial charge in [-0.05, 0) is 37.9 Å². The summed E-state index contributed by atoms with van der Waals surface area (Å²) in [6.45, 7) is 4.16. The molecule has 1 aromatic heterocycles. The lowest BCUT2D eigenvalue weighted by Crippen LogP contribution is -2.27. The third-order valence-corrected chi connectivity index (χ3v) is 3.56. The Morgan fingerprint density at radius 1 is 1.53 bits per heavy atom. The fourth-order valence-electron chi connectivity index (χ4n) is 2.70. The molecule has 1 aliphatic heterocycles. The molecule has 1 fully saturated rings. The first kappa shape index (κ1) is 10.6. The van der Waals surface area contributed by atoms with Crippen molar-refractivity contribution in [3.63, 3.8) is 0 Å². The van der Waals surface area contributed by atoms with Gasteiger partial charge >= 0.3 is 0 Å². The molecule has 3 N–H and O–H groups in total. The first-order valence-electron chi connectivity index (χ1n) is 6.20. The van der Waals surface area contributed by atoms with Crippen LogP contribution in [0.1, 0.15) is 18.4 Å². The van der Waals surface area contributed by atoms with Crippen LogP contribution in [0.15, 0.2) is 18.2 Å². The monoisotopic (exact) mass is 230 g/mol. The van der Waals surface area contributed by atoms with E-state index in [1.807, 2.05) is 12.1 Å². The number of anilines is 1. The Labute approximate surface area is 101 Å². The van der Waals surface area contributed by atoms with Gasteiger partial charge < -0.3 is 15.6 Å². The van der Waals surface area contributed by atoms with Gasteiger partial charge in [0.05, 0.1) is 11.0 Å². The van der Waals surface area contributed by atoms with E-state index in [0.29, 0.717) is 12.0 Å². The van der Waals surface area contributed by atoms with E-state index in [2.05, 4.69) is 27.9 Å². The fourth-order valence-corrected chi connectivity index (χ4v) is 2.70. The quantitative estimate of drug-likeness (QED) is 0.825. The second kappa shape index (κ2) is 4.04. The van der Waals surface area contributed by atoms with Crippen molar-refractivity contribution in [3.8, 4) is 0 Å². The van der Waals surface area contributed by atoms with Gasteiger partial charge in [-0.1, -0.05) is 12.1 Å². The summed E-state index contributed by atoms with van der Waals surface area (Å²) in [5, 5.41) is 3.50. The minimum absolute atomic E-state index is 0.536. The Kier molecular flexibility index (Phi) is 2.52. The van der Waals surface area contributed by atoms with Crippen molar-refractivity contribution in [1.82, 2.24) is 14.9 Å². The predicted octanol–water partition coefficient (Wildman–Crippen LogP) is 1.68. The SMILES string of the molecule is Cc1cccc2nc(N)n(CC3CCCN3)c12. The van der Waals surface area contributed by atoms with E-state index in [9.17, 15) is 0 Å². The lowest BCUT2D eigenvalue weighted by atomic mass is 10.2. The van der Waals surface area contributed by atoms with E-state index < -0.39 is 0 Å². The molecule has 2 heterocycles.